The van der Waals surface area contributed by atoms with Crippen LogP contribution in [0.4, 0.5) is 0 Å². The molecule has 0 fully saturated rings. The van der Waals surface area contributed by atoms with Gasteiger partial charge < -0.3 is 20.1 Å². The second-order valence-corrected chi connectivity index (χ2v) is 6.87. The largest absolute Gasteiger partial charge is 0.469 e. The van der Waals surface area contributed by atoms with Crippen molar-refractivity contribution in [3.63, 3.8) is 0 Å². The van der Waals surface area contributed by atoms with Gasteiger partial charge in [0.1, 0.15) is 12.2 Å². The highest BCUT2D eigenvalue weighted by Crippen LogP contribution is 2.34. The maximum atomic E-state index is 12.2. The summed E-state index contributed by atoms with van der Waals surface area (Å²) in [4.78, 5) is 23.3. The van der Waals surface area contributed by atoms with Gasteiger partial charge in [-0.3, -0.25) is 9.59 Å². The highest BCUT2D eigenvalue weighted by Gasteiger charge is 2.37. The molecule has 0 spiro atoms. The minimum Gasteiger partial charge on any atom is -0.469 e. The predicted octanol–water partition coefficient (Wildman–Crippen LogP) is 2.22. The van der Waals surface area contributed by atoms with E-state index in [9.17, 15) is 24.9 Å². The van der Waals surface area contributed by atoms with Crippen LogP contribution >= 0.6 is 0 Å². The number of methoxy groups -OCH3 is 1. The zero-order valence-electron chi connectivity index (χ0n) is 15.6. The molecule has 1 aromatic rings. The van der Waals surface area contributed by atoms with E-state index >= 15 is 0 Å². The van der Waals surface area contributed by atoms with Crippen LogP contribution in [0.5, 0.6) is 0 Å². The summed E-state index contributed by atoms with van der Waals surface area (Å²) in [6.07, 6.45) is 0.313. The summed E-state index contributed by atoms with van der Waals surface area (Å²) in [5.74, 6) is -0.404. The lowest BCUT2D eigenvalue weighted by Gasteiger charge is -2.22. The van der Waals surface area contributed by atoms with Crippen molar-refractivity contribution in [3.05, 3.63) is 47.0 Å². The van der Waals surface area contributed by atoms with Crippen LogP contribution in [0.2, 0.25) is 0 Å². The fourth-order valence-electron chi connectivity index (χ4n) is 3.46. The van der Waals surface area contributed by atoms with E-state index in [1.807, 2.05) is 0 Å². The van der Waals surface area contributed by atoms with Gasteiger partial charge in [0, 0.05) is 12.8 Å². The van der Waals surface area contributed by atoms with Crippen LogP contribution in [0, 0.1) is 0 Å². The minimum absolute atomic E-state index is 0.0500. The molecule has 0 aromatic heterocycles. The highest BCUT2D eigenvalue weighted by atomic mass is 16.5. The first kappa shape index (κ1) is 21.3. The van der Waals surface area contributed by atoms with E-state index in [0.717, 1.165) is 19.3 Å². The average Bonchev–Trinajstić information content (AvgIpc) is 2.96. The molecule has 1 aliphatic rings. The molecule has 0 radical (unpaired) electrons. The van der Waals surface area contributed by atoms with Crippen molar-refractivity contribution in [2.24, 2.45) is 0 Å². The highest BCUT2D eigenvalue weighted by molar-refractivity contribution is 5.99. The molecule has 3 N–H and O–H groups in total. The molecule has 3 atom stereocenters. The van der Waals surface area contributed by atoms with Gasteiger partial charge in [-0.05, 0) is 36.0 Å². The molecule has 0 amide bonds. The first-order chi connectivity index (χ1) is 13.0. The number of rotatable bonds is 10. The monoisotopic (exact) mass is 376 g/mol. The molecule has 0 heterocycles. The van der Waals surface area contributed by atoms with Gasteiger partial charge in [0.05, 0.1) is 13.2 Å². The number of hydrogen-bond donors (Lipinski definition) is 3. The van der Waals surface area contributed by atoms with Gasteiger partial charge in [-0.15, -0.1) is 0 Å². The normalized spacial score (nSPS) is 19.3. The Kier molecular flexibility index (Phi) is 8.16. The van der Waals surface area contributed by atoms with Gasteiger partial charge >= 0.3 is 5.97 Å². The Hall–Kier alpha value is -2.02. The molecule has 0 saturated heterocycles. The van der Waals surface area contributed by atoms with E-state index in [-0.39, 0.29) is 23.7 Å². The second-order valence-electron chi connectivity index (χ2n) is 6.87. The van der Waals surface area contributed by atoms with E-state index < -0.39 is 18.3 Å². The zero-order valence-corrected chi connectivity index (χ0v) is 15.6. The van der Waals surface area contributed by atoms with Gasteiger partial charge in [0.25, 0.3) is 0 Å². The molecule has 6 heteroatoms. The van der Waals surface area contributed by atoms with E-state index in [0.29, 0.717) is 30.4 Å². The number of benzene rings is 1. The second kappa shape index (κ2) is 10.3. The molecular weight excluding hydrogens is 348 g/mol. The molecule has 148 valence electrons. The standard InChI is InChI=1S/C21H28O6/c1-27-18(24)12-8-3-2-7-11-15-16(22)13-17(23)19(15)21(26)20(25)14-9-5-4-6-10-14/h4-6,9-10,17,20-21,23,25-26H,2-3,7-8,11-13H2,1H3. The number of esters is 1. The lowest BCUT2D eigenvalue weighted by atomic mass is 9.93. The van der Waals surface area contributed by atoms with Crippen molar-refractivity contribution in [1.29, 1.82) is 0 Å². The molecule has 0 bridgehead atoms. The molecular formula is C21H28O6. The topological polar surface area (TPSA) is 104 Å². The number of carbonyl (C=O) groups excluding carboxylic acids is 2. The van der Waals surface area contributed by atoms with Crippen molar-refractivity contribution in [1.82, 2.24) is 0 Å². The smallest absolute Gasteiger partial charge is 0.305 e. The lowest BCUT2D eigenvalue weighted by molar-refractivity contribution is -0.140. The van der Waals surface area contributed by atoms with E-state index in [1.54, 1.807) is 30.3 Å². The van der Waals surface area contributed by atoms with Gasteiger partial charge in [-0.25, -0.2) is 0 Å². The molecule has 0 saturated carbocycles. The summed E-state index contributed by atoms with van der Waals surface area (Å²) in [6, 6.07) is 8.70. The fourth-order valence-corrected chi connectivity index (χ4v) is 3.46. The number of ketones is 1. The van der Waals surface area contributed by atoms with Crippen LogP contribution in [-0.4, -0.2) is 46.4 Å². The lowest BCUT2D eigenvalue weighted by Crippen LogP contribution is -2.26. The Morgan fingerprint density at radius 3 is 2.44 bits per heavy atom. The Morgan fingerprint density at radius 2 is 1.78 bits per heavy atom. The zero-order chi connectivity index (χ0) is 19.8. The number of aliphatic hydroxyl groups excluding tert-OH is 3. The SMILES string of the molecule is COC(=O)CCCCCCC1=C(C(O)C(O)c2ccccc2)C(O)CC1=O. The Morgan fingerprint density at radius 1 is 1.11 bits per heavy atom. The molecule has 1 aliphatic carbocycles. The van der Waals surface area contributed by atoms with Crippen LogP contribution in [-0.2, 0) is 14.3 Å². The van der Waals surface area contributed by atoms with Crippen LogP contribution in [0.3, 0.4) is 0 Å². The van der Waals surface area contributed by atoms with Crippen molar-refractivity contribution in [3.8, 4) is 0 Å². The van der Waals surface area contributed by atoms with Gasteiger partial charge in [-0.1, -0.05) is 43.2 Å². The molecule has 0 aliphatic heterocycles. The van der Waals surface area contributed by atoms with Crippen molar-refractivity contribution >= 4 is 11.8 Å². The Labute approximate surface area is 159 Å². The maximum Gasteiger partial charge on any atom is 0.305 e. The maximum absolute atomic E-state index is 12.2. The van der Waals surface area contributed by atoms with Crippen LogP contribution in [0.1, 0.15) is 56.6 Å². The fraction of sp³-hybridized carbons (Fsp3) is 0.524. The molecule has 2 rings (SSSR count). The average molecular weight is 376 g/mol. The summed E-state index contributed by atoms with van der Waals surface area (Å²) in [6.45, 7) is 0. The van der Waals surface area contributed by atoms with Crippen molar-refractivity contribution in [2.75, 3.05) is 7.11 Å². The summed E-state index contributed by atoms with van der Waals surface area (Å²) in [7, 11) is 1.36. The van der Waals surface area contributed by atoms with Crippen LogP contribution in [0.15, 0.2) is 41.5 Å². The Bertz CT molecular complexity index is 667. The predicted molar refractivity (Wildman–Crippen MR) is 99.8 cm³/mol. The third kappa shape index (κ3) is 5.73. The number of aliphatic hydroxyl groups is 3. The number of allylic oxidation sites excluding steroid dienone is 1. The Balaban J connectivity index is 1.97. The summed E-state index contributed by atoms with van der Waals surface area (Å²) < 4.78 is 4.59. The number of carbonyl (C=O) groups is 2. The minimum atomic E-state index is -1.32. The van der Waals surface area contributed by atoms with Gasteiger partial charge in [0.2, 0.25) is 0 Å². The van der Waals surface area contributed by atoms with E-state index in [4.69, 9.17) is 0 Å². The summed E-state index contributed by atoms with van der Waals surface area (Å²) in [5, 5.41) is 31.2. The summed E-state index contributed by atoms with van der Waals surface area (Å²) in [5.41, 5.74) is 1.20. The van der Waals surface area contributed by atoms with Crippen LogP contribution in [0.25, 0.3) is 0 Å². The van der Waals surface area contributed by atoms with Gasteiger partial charge in [0.15, 0.2) is 5.78 Å². The summed E-state index contributed by atoms with van der Waals surface area (Å²) >= 11 is 0. The van der Waals surface area contributed by atoms with Crippen molar-refractivity contribution < 1.29 is 29.6 Å². The first-order valence-corrected chi connectivity index (χ1v) is 9.37. The molecule has 3 unspecified atom stereocenters. The quantitative estimate of drug-likeness (QED) is 0.427. The van der Waals surface area contributed by atoms with Crippen LogP contribution < -0.4 is 0 Å². The van der Waals surface area contributed by atoms with E-state index in [1.165, 1.54) is 7.11 Å². The number of ether oxygens (including phenoxy) is 1. The number of hydrogen-bond acceptors (Lipinski definition) is 6. The number of unbranched alkanes of at least 4 members (excludes halogenated alkanes) is 3. The number of Topliss-reactive ketones (excluding diaryl/α,β-unsaturated/α-hetero) is 1. The van der Waals surface area contributed by atoms with E-state index in [2.05, 4.69) is 4.74 Å². The molecule has 1 aromatic carbocycles. The van der Waals surface area contributed by atoms with Gasteiger partial charge in [-0.2, -0.15) is 0 Å². The molecule has 27 heavy (non-hydrogen) atoms. The third-order valence-electron chi connectivity index (χ3n) is 4.97. The third-order valence-corrected chi connectivity index (χ3v) is 4.97. The van der Waals surface area contributed by atoms with Crippen molar-refractivity contribution in [2.45, 2.75) is 63.3 Å². The first-order valence-electron chi connectivity index (χ1n) is 9.37. The molecule has 6 nitrogen and oxygen atoms in total.